The molecule has 8 aromatic rings. The number of hydrogen-bond acceptors (Lipinski definition) is 3. The van der Waals surface area contributed by atoms with Crippen LogP contribution >= 0.6 is 0 Å². The molecule has 0 N–H and O–H groups in total. The molecule has 3 nitrogen and oxygen atoms in total. The summed E-state index contributed by atoms with van der Waals surface area (Å²) in [7, 11) is 0. The number of fused-ring (bicyclic) bond motifs is 4. The first-order chi connectivity index (χ1) is 27.7. The maximum Gasteiger partial charge on any atom is 0.164 e. The molecular weight excluding hydrogens is 679 g/mol. The molecule has 4 saturated carbocycles. The Bertz CT molecular complexity index is 2790. The molecule has 3 heteroatoms. The van der Waals surface area contributed by atoms with E-state index < -0.39 is 0 Å². The summed E-state index contributed by atoms with van der Waals surface area (Å²) in [5.41, 5.74) is 13.8. The molecule has 0 atom stereocenters. The molecule has 0 saturated heterocycles. The van der Waals surface area contributed by atoms with Gasteiger partial charge in [0.25, 0.3) is 0 Å². The van der Waals surface area contributed by atoms with E-state index in [2.05, 4.69) is 146 Å². The van der Waals surface area contributed by atoms with Gasteiger partial charge in [-0.25, -0.2) is 15.0 Å². The Labute approximate surface area is 328 Å². The minimum Gasteiger partial charge on any atom is -0.208 e. The van der Waals surface area contributed by atoms with Crippen LogP contribution in [0.2, 0.25) is 0 Å². The second kappa shape index (κ2) is 12.4. The zero-order chi connectivity index (χ0) is 36.8. The van der Waals surface area contributed by atoms with Crippen molar-refractivity contribution < 1.29 is 0 Å². The van der Waals surface area contributed by atoms with Gasteiger partial charge in [-0.15, -0.1) is 0 Å². The number of aromatic nitrogens is 3. The monoisotopic (exact) mass is 719 g/mol. The van der Waals surface area contributed by atoms with Crippen LogP contribution < -0.4 is 0 Å². The number of hydrogen-bond donors (Lipinski definition) is 0. The third kappa shape index (κ3) is 4.86. The Hall–Kier alpha value is -6.19. The average molecular weight is 720 g/mol. The molecule has 0 radical (unpaired) electrons. The van der Waals surface area contributed by atoms with E-state index in [9.17, 15) is 0 Å². The summed E-state index contributed by atoms with van der Waals surface area (Å²) >= 11 is 0. The van der Waals surface area contributed by atoms with Crippen molar-refractivity contribution in [3.05, 3.63) is 175 Å². The Morgan fingerprint density at radius 2 is 0.893 bits per heavy atom. The highest BCUT2D eigenvalue weighted by molar-refractivity contribution is 5.95. The van der Waals surface area contributed by atoms with Crippen molar-refractivity contribution in [1.29, 1.82) is 0 Å². The Morgan fingerprint density at radius 1 is 0.339 bits per heavy atom. The van der Waals surface area contributed by atoms with Crippen LogP contribution in [-0.4, -0.2) is 15.0 Å². The van der Waals surface area contributed by atoms with Crippen LogP contribution in [0.4, 0.5) is 0 Å². The Morgan fingerprint density at radius 3 is 1.62 bits per heavy atom. The van der Waals surface area contributed by atoms with Crippen molar-refractivity contribution in [3.8, 4) is 67.5 Å². The van der Waals surface area contributed by atoms with E-state index in [0.29, 0.717) is 29.3 Å². The van der Waals surface area contributed by atoms with Gasteiger partial charge >= 0.3 is 0 Å². The van der Waals surface area contributed by atoms with Gasteiger partial charge in [-0.05, 0) is 135 Å². The lowest BCUT2D eigenvalue weighted by molar-refractivity contribution is -0.0398. The van der Waals surface area contributed by atoms with Gasteiger partial charge in [0, 0.05) is 22.1 Å². The van der Waals surface area contributed by atoms with Crippen LogP contribution in [0.5, 0.6) is 0 Å². The highest BCUT2D eigenvalue weighted by Gasteiger charge is 2.61. The van der Waals surface area contributed by atoms with E-state index in [1.807, 2.05) is 18.2 Å². The summed E-state index contributed by atoms with van der Waals surface area (Å²) in [6.07, 6.45) is 6.90. The standard InChI is InChI=1S/C53H41N3/c1-3-12-35(13-4-1)37-18-11-19-41(29-37)51-54-50(36-14-5-2-6-15-36)55-52(56-51)46-21-10-9-20-44(46)40-22-23-45-47-30-38-16-7-8-17-39(38)31-49(47)53(48(45)32-40)42-25-33-24-34(27-42)28-43(53)26-33/h1-23,29-34,42-43H,24-28H2. The molecule has 0 unspecified atom stereocenters. The summed E-state index contributed by atoms with van der Waals surface area (Å²) in [6, 6.07) is 59.6. The predicted molar refractivity (Wildman–Crippen MR) is 228 cm³/mol. The van der Waals surface area contributed by atoms with Crippen LogP contribution in [0, 0.1) is 23.7 Å². The highest BCUT2D eigenvalue weighted by Crippen LogP contribution is 2.69. The second-order valence-electron chi connectivity index (χ2n) is 16.8. The van der Waals surface area contributed by atoms with Crippen molar-refractivity contribution in [2.75, 3.05) is 0 Å². The minimum atomic E-state index is 0.0671. The Kier molecular flexibility index (Phi) is 7.11. The van der Waals surface area contributed by atoms with E-state index >= 15 is 0 Å². The number of benzene rings is 7. The van der Waals surface area contributed by atoms with Crippen molar-refractivity contribution >= 4 is 10.8 Å². The van der Waals surface area contributed by atoms with E-state index in [4.69, 9.17) is 15.0 Å². The van der Waals surface area contributed by atoms with E-state index in [-0.39, 0.29) is 5.41 Å². The lowest BCUT2D eigenvalue weighted by Crippen LogP contribution is -2.55. The SMILES string of the molecule is c1ccc(-c2cccc(-c3nc(-c4ccccc4)nc(-c4ccccc4-c4ccc5c(c4)C4(c6cc7ccccc7cc6-5)C5CC6CC(C5)CC4C6)n3)c2)cc1. The smallest absolute Gasteiger partial charge is 0.164 e. The fraction of sp³-hybridized carbons (Fsp3) is 0.189. The fourth-order valence-corrected chi connectivity index (χ4v) is 11.8. The maximum absolute atomic E-state index is 5.28. The van der Waals surface area contributed by atoms with Gasteiger partial charge in [0.2, 0.25) is 0 Å². The van der Waals surface area contributed by atoms with Crippen LogP contribution in [0.25, 0.3) is 78.3 Å². The van der Waals surface area contributed by atoms with Gasteiger partial charge in [0.15, 0.2) is 17.5 Å². The first-order valence-electron chi connectivity index (χ1n) is 20.4. The third-order valence-corrected chi connectivity index (χ3v) is 13.9. The molecule has 4 fully saturated rings. The molecule has 1 aromatic heterocycles. The van der Waals surface area contributed by atoms with Crippen LogP contribution in [0.1, 0.15) is 43.2 Å². The molecule has 1 spiro atoms. The minimum absolute atomic E-state index is 0.0671. The topological polar surface area (TPSA) is 38.7 Å². The second-order valence-corrected chi connectivity index (χ2v) is 16.8. The Balaban J connectivity index is 1.04. The van der Waals surface area contributed by atoms with E-state index in [0.717, 1.165) is 39.7 Å². The normalized spacial score (nSPS) is 22.7. The number of rotatable bonds is 5. The zero-order valence-corrected chi connectivity index (χ0v) is 31.3. The molecule has 7 aromatic carbocycles. The maximum atomic E-state index is 5.28. The van der Waals surface area contributed by atoms with Crippen LogP contribution in [0.15, 0.2) is 164 Å². The number of nitrogens with zero attached hydrogens (tertiary/aromatic N) is 3. The first-order valence-corrected chi connectivity index (χ1v) is 20.4. The molecule has 13 rings (SSSR count). The van der Waals surface area contributed by atoms with Crippen molar-refractivity contribution in [3.63, 3.8) is 0 Å². The van der Waals surface area contributed by atoms with Crippen LogP contribution in [0.3, 0.4) is 0 Å². The van der Waals surface area contributed by atoms with Gasteiger partial charge < -0.3 is 0 Å². The molecule has 268 valence electrons. The van der Waals surface area contributed by atoms with Crippen molar-refractivity contribution in [2.24, 2.45) is 23.7 Å². The zero-order valence-electron chi connectivity index (χ0n) is 31.3. The summed E-state index contributed by atoms with van der Waals surface area (Å²) in [6.45, 7) is 0. The molecule has 5 aliphatic rings. The summed E-state index contributed by atoms with van der Waals surface area (Å²) in [5.74, 6) is 5.21. The lowest BCUT2D eigenvalue weighted by Gasteiger charge is -2.61. The third-order valence-electron chi connectivity index (χ3n) is 13.9. The summed E-state index contributed by atoms with van der Waals surface area (Å²) in [5, 5.41) is 2.70. The molecule has 5 aliphatic carbocycles. The van der Waals surface area contributed by atoms with Gasteiger partial charge in [-0.3, -0.25) is 0 Å². The van der Waals surface area contributed by atoms with E-state index in [1.165, 1.54) is 65.1 Å². The van der Waals surface area contributed by atoms with E-state index in [1.54, 1.807) is 11.1 Å². The molecule has 4 bridgehead atoms. The summed E-state index contributed by atoms with van der Waals surface area (Å²) < 4.78 is 0. The van der Waals surface area contributed by atoms with Gasteiger partial charge in [-0.1, -0.05) is 140 Å². The highest BCUT2D eigenvalue weighted by atomic mass is 15.0. The summed E-state index contributed by atoms with van der Waals surface area (Å²) in [4.78, 5) is 15.6. The first kappa shape index (κ1) is 32.1. The fourth-order valence-electron chi connectivity index (χ4n) is 11.8. The quantitative estimate of drug-likeness (QED) is 0.178. The molecule has 0 amide bonds. The van der Waals surface area contributed by atoms with Crippen LogP contribution in [-0.2, 0) is 5.41 Å². The van der Waals surface area contributed by atoms with Gasteiger partial charge in [0.1, 0.15) is 0 Å². The largest absolute Gasteiger partial charge is 0.208 e. The van der Waals surface area contributed by atoms with Crippen molar-refractivity contribution in [2.45, 2.75) is 37.5 Å². The molecular formula is C53H41N3. The molecule has 0 aliphatic heterocycles. The van der Waals surface area contributed by atoms with Crippen molar-refractivity contribution in [1.82, 2.24) is 15.0 Å². The predicted octanol–water partition coefficient (Wildman–Crippen LogP) is 13.1. The average Bonchev–Trinajstić information content (AvgIpc) is 3.53. The van der Waals surface area contributed by atoms with Gasteiger partial charge in [-0.2, -0.15) is 0 Å². The van der Waals surface area contributed by atoms with Gasteiger partial charge in [0.05, 0.1) is 0 Å². The molecule has 1 heterocycles. The molecule has 56 heavy (non-hydrogen) atoms. The lowest BCUT2D eigenvalue weighted by atomic mass is 9.43.